The summed E-state index contributed by atoms with van der Waals surface area (Å²) in [7, 11) is 1.64. The Balaban J connectivity index is 2.02. The molecule has 0 aromatic heterocycles. The second-order valence-electron chi connectivity index (χ2n) is 5.27. The minimum Gasteiger partial charge on any atom is -0.497 e. The quantitative estimate of drug-likeness (QED) is 0.594. The van der Waals surface area contributed by atoms with Gasteiger partial charge in [0, 0.05) is 5.41 Å². The van der Waals surface area contributed by atoms with E-state index in [-0.39, 0.29) is 5.41 Å². The first-order valence-corrected chi connectivity index (χ1v) is 10.6. The molecule has 0 aliphatic carbocycles. The zero-order valence-corrected chi connectivity index (χ0v) is 15.0. The summed E-state index contributed by atoms with van der Waals surface area (Å²) in [4.78, 5) is 0. The zero-order chi connectivity index (χ0) is 14.8. The number of benzene rings is 1. The normalized spacial score (nSPS) is 20.4. The molecular weight excluding hydrogens is 331 g/mol. The van der Waals surface area contributed by atoms with Crippen LogP contribution >= 0.6 is 29.3 Å². The SMILES string of the molecule is COc1ccc(C(=S)SP2(=S)OCC(C)(C)CO2)cc1. The van der Waals surface area contributed by atoms with Crippen molar-refractivity contribution in [2.75, 3.05) is 20.3 Å². The van der Waals surface area contributed by atoms with Gasteiger partial charge in [-0.25, -0.2) is 0 Å². The van der Waals surface area contributed by atoms with Crippen molar-refractivity contribution in [1.82, 2.24) is 0 Å². The molecule has 1 aromatic carbocycles. The Morgan fingerprint density at radius 3 is 2.30 bits per heavy atom. The summed E-state index contributed by atoms with van der Waals surface area (Å²) in [6, 6.07) is 7.60. The number of methoxy groups -OCH3 is 1. The highest BCUT2D eigenvalue weighted by atomic mass is 32.9. The van der Waals surface area contributed by atoms with Crippen molar-refractivity contribution >= 4 is 45.3 Å². The molecule has 110 valence electrons. The van der Waals surface area contributed by atoms with E-state index in [1.165, 1.54) is 11.4 Å². The zero-order valence-electron chi connectivity index (χ0n) is 11.6. The third kappa shape index (κ3) is 4.26. The molecule has 1 aromatic rings. The summed E-state index contributed by atoms with van der Waals surface area (Å²) < 4.78 is 17.4. The molecule has 1 heterocycles. The highest BCUT2D eigenvalue weighted by Gasteiger charge is 2.34. The fourth-order valence-corrected chi connectivity index (χ4v) is 7.15. The first-order chi connectivity index (χ1) is 9.34. The van der Waals surface area contributed by atoms with Gasteiger partial charge < -0.3 is 13.8 Å². The molecule has 0 unspecified atom stereocenters. The van der Waals surface area contributed by atoms with Gasteiger partial charge in [0.15, 0.2) is 0 Å². The molecule has 2 rings (SSSR count). The van der Waals surface area contributed by atoms with Crippen molar-refractivity contribution in [3.05, 3.63) is 29.8 Å². The van der Waals surface area contributed by atoms with Crippen LogP contribution in [-0.2, 0) is 20.9 Å². The molecule has 1 saturated heterocycles. The fourth-order valence-electron chi connectivity index (χ4n) is 1.52. The van der Waals surface area contributed by atoms with Gasteiger partial charge in [0.2, 0.25) is 0 Å². The fraction of sp³-hybridized carbons (Fsp3) is 0.462. The van der Waals surface area contributed by atoms with Crippen LogP contribution in [0.15, 0.2) is 24.3 Å². The van der Waals surface area contributed by atoms with Gasteiger partial charge in [-0.15, -0.1) is 0 Å². The van der Waals surface area contributed by atoms with E-state index in [1.54, 1.807) is 7.11 Å². The molecule has 7 heteroatoms. The maximum Gasteiger partial charge on any atom is 0.253 e. The lowest BCUT2D eigenvalue weighted by Gasteiger charge is -2.35. The standard InChI is InChI=1S/C13H17O3PS3/c1-13(2)8-15-17(19,16-9-13)20-12(18)10-4-6-11(14-3)7-5-10/h4-7H,8-9H2,1-3H3. The summed E-state index contributed by atoms with van der Waals surface area (Å²) in [5.74, 6) is 0.802. The predicted molar refractivity (Wildman–Crippen MR) is 92.3 cm³/mol. The summed E-state index contributed by atoms with van der Waals surface area (Å²) in [5.41, 5.74) is -1.40. The number of rotatable bonds is 3. The third-order valence-corrected chi connectivity index (χ3v) is 8.27. The Kier molecular flexibility index (Phi) is 5.27. The van der Waals surface area contributed by atoms with Gasteiger partial charge in [-0.3, -0.25) is 0 Å². The van der Waals surface area contributed by atoms with Crippen molar-refractivity contribution in [3.63, 3.8) is 0 Å². The Hall–Kier alpha value is 0.0300. The summed E-state index contributed by atoms with van der Waals surface area (Å²) in [6.07, 6.45) is 0. The molecule has 1 aliphatic heterocycles. The summed E-state index contributed by atoms with van der Waals surface area (Å²) in [5, 5.41) is 0. The van der Waals surface area contributed by atoms with E-state index in [0.717, 1.165) is 11.3 Å². The molecule has 1 fully saturated rings. The minimum atomic E-state index is -2.36. The molecule has 0 saturated carbocycles. The van der Waals surface area contributed by atoms with Crippen LogP contribution in [0.5, 0.6) is 5.75 Å². The predicted octanol–water partition coefficient (Wildman–Crippen LogP) is 4.40. The van der Waals surface area contributed by atoms with E-state index < -0.39 is 5.69 Å². The minimum absolute atomic E-state index is 0.0185. The van der Waals surface area contributed by atoms with Gasteiger partial charge in [0.25, 0.3) is 5.69 Å². The van der Waals surface area contributed by atoms with E-state index in [4.69, 9.17) is 37.8 Å². The molecular formula is C13H17O3PS3. The van der Waals surface area contributed by atoms with Crippen molar-refractivity contribution in [2.24, 2.45) is 5.41 Å². The molecule has 0 N–H and O–H groups in total. The average molecular weight is 348 g/mol. The summed E-state index contributed by atoms with van der Waals surface area (Å²) in [6.45, 7) is 5.42. The molecule has 0 spiro atoms. The molecule has 0 atom stereocenters. The van der Waals surface area contributed by atoms with Gasteiger partial charge in [0.1, 0.15) is 5.75 Å². The second-order valence-corrected chi connectivity index (χ2v) is 12.1. The number of hydrogen-bond donors (Lipinski definition) is 0. The lowest BCUT2D eigenvalue weighted by atomic mass is 9.97. The van der Waals surface area contributed by atoms with Gasteiger partial charge >= 0.3 is 0 Å². The Bertz CT molecular complexity index is 528. The Labute approximate surface area is 134 Å². The highest BCUT2D eigenvalue weighted by molar-refractivity contribution is 8.75. The van der Waals surface area contributed by atoms with E-state index >= 15 is 0 Å². The molecule has 1 aliphatic rings. The van der Waals surface area contributed by atoms with Crippen LogP contribution in [0.4, 0.5) is 0 Å². The first-order valence-electron chi connectivity index (χ1n) is 6.11. The van der Waals surface area contributed by atoms with Gasteiger partial charge in [-0.1, -0.05) is 26.1 Å². The van der Waals surface area contributed by atoms with E-state index in [0.29, 0.717) is 17.4 Å². The van der Waals surface area contributed by atoms with Gasteiger partial charge in [-0.2, -0.15) is 0 Å². The lowest BCUT2D eigenvalue weighted by molar-refractivity contribution is 0.0673. The van der Waals surface area contributed by atoms with Crippen LogP contribution in [0.1, 0.15) is 19.4 Å². The van der Waals surface area contributed by atoms with E-state index in [2.05, 4.69) is 13.8 Å². The van der Waals surface area contributed by atoms with Crippen LogP contribution in [0.2, 0.25) is 0 Å². The van der Waals surface area contributed by atoms with Crippen LogP contribution in [0, 0.1) is 5.41 Å². The Morgan fingerprint density at radius 2 is 1.80 bits per heavy atom. The first kappa shape index (κ1) is 16.4. The smallest absolute Gasteiger partial charge is 0.253 e. The van der Waals surface area contributed by atoms with Crippen molar-refractivity contribution in [3.8, 4) is 5.75 Å². The van der Waals surface area contributed by atoms with Gasteiger partial charge in [0.05, 0.1) is 24.5 Å². The largest absolute Gasteiger partial charge is 0.497 e. The highest BCUT2D eigenvalue weighted by Crippen LogP contribution is 2.65. The van der Waals surface area contributed by atoms with Crippen molar-refractivity contribution in [1.29, 1.82) is 0 Å². The monoisotopic (exact) mass is 348 g/mol. The molecule has 20 heavy (non-hydrogen) atoms. The van der Waals surface area contributed by atoms with E-state index in [9.17, 15) is 0 Å². The Morgan fingerprint density at radius 1 is 1.25 bits per heavy atom. The lowest BCUT2D eigenvalue weighted by Crippen LogP contribution is -2.28. The van der Waals surface area contributed by atoms with Gasteiger partial charge in [-0.05, 0) is 53.0 Å². The van der Waals surface area contributed by atoms with E-state index in [1.807, 2.05) is 24.3 Å². The second kappa shape index (κ2) is 6.42. The molecule has 3 nitrogen and oxygen atoms in total. The van der Waals surface area contributed by atoms with Crippen molar-refractivity contribution in [2.45, 2.75) is 13.8 Å². The average Bonchev–Trinajstić information content (AvgIpc) is 2.43. The topological polar surface area (TPSA) is 27.7 Å². The van der Waals surface area contributed by atoms with Crippen LogP contribution in [-0.4, -0.2) is 24.5 Å². The number of thiocarbonyl (C=S) groups is 1. The van der Waals surface area contributed by atoms with Crippen LogP contribution < -0.4 is 4.74 Å². The van der Waals surface area contributed by atoms with Crippen LogP contribution in [0.3, 0.4) is 0 Å². The summed E-state index contributed by atoms with van der Waals surface area (Å²) >= 11 is 12.3. The maximum absolute atomic E-state index is 5.77. The van der Waals surface area contributed by atoms with Crippen molar-refractivity contribution < 1.29 is 13.8 Å². The number of ether oxygens (including phenoxy) is 1. The maximum atomic E-state index is 5.77. The molecule has 0 bridgehead atoms. The number of hydrogen-bond acceptors (Lipinski definition) is 6. The molecule has 0 amide bonds. The third-order valence-electron chi connectivity index (χ3n) is 2.75. The molecule has 0 radical (unpaired) electrons. The van der Waals surface area contributed by atoms with Crippen LogP contribution in [0.25, 0.3) is 0 Å².